The zero-order chi connectivity index (χ0) is 13.1. The van der Waals surface area contributed by atoms with E-state index in [1.165, 1.54) is 0 Å². The SMILES string of the molecule is CC(Nc1cccc(-n2cccn2)c1)c1nccs1. The molecule has 0 aliphatic carbocycles. The number of thiazole rings is 1. The second-order valence-electron chi connectivity index (χ2n) is 4.24. The number of rotatable bonds is 4. The lowest BCUT2D eigenvalue weighted by Gasteiger charge is -2.13. The summed E-state index contributed by atoms with van der Waals surface area (Å²) in [6.45, 7) is 2.11. The Labute approximate surface area is 115 Å². The Morgan fingerprint density at radius 3 is 2.95 bits per heavy atom. The van der Waals surface area contributed by atoms with Crippen molar-refractivity contribution in [2.24, 2.45) is 0 Å². The highest BCUT2D eigenvalue weighted by molar-refractivity contribution is 7.09. The van der Waals surface area contributed by atoms with E-state index < -0.39 is 0 Å². The molecule has 1 aromatic carbocycles. The van der Waals surface area contributed by atoms with Crippen molar-refractivity contribution in [3.63, 3.8) is 0 Å². The molecule has 2 aromatic heterocycles. The van der Waals surface area contributed by atoms with Gasteiger partial charge in [-0.05, 0) is 31.2 Å². The Kier molecular flexibility index (Phi) is 3.29. The number of aromatic nitrogens is 3. The Morgan fingerprint density at radius 2 is 2.21 bits per heavy atom. The first kappa shape index (κ1) is 11.9. The predicted octanol–water partition coefficient (Wildman–Crippen LogP) is 3.50. The van der Waals surface area contributed by atoms with Crippen molar-refractivity contribution in [3.05, 3.63) is 59.3 Å². The molecule has 2 heterocycles. The molecule has 0 aliphatic heterocycles. The van der Waals surface area contributed by atoms with Crippen LogP contribution in [0.15, 0.2) is 54.3 Å². The fourth-order valence-corrected chi connectivity index (χ4v) is 2.57. The molecule has 0 radical (unpaired) electrons. The van der Waals surface area contributed by atoms with Gasteiger partial charge in [0.25, 0.3) is 0 Å². The van der Waals surface area contributed by atoms with Crippen LogP contribution in [0.2, 0.25) is 0 Å². The van der Waals surface area contributed by atoms with Crippen LogP contribution in [-0.4, -0.2) is 14.8 Å². The molecule has 0 spiro atoms. The van der Waals surface area contributed by atoms with E-state index in [1.807, 2.05) is 40.7 Å². The molecule has 0 saturated carbocycles. The van der Waals surface area contributed by atoms with E-state index in [0.29, 0.717) is 0 Å². The summed E-state index contributed by atoms with van der Waals surface area (Å²) in [5.74, 6) is 0. The maximum absolute atomic E-state index is 4.32. The van der Waals surface area contributed by atoms with Crippen LogP contribution in [0.4, 0.5) is 5.69 Å². The summed E-state index contributed by atoms with van der Waals surface area (Å²) in [5, 5.41) is 10.8. The van der Waals surface area contributed by atoms with Crippen molar-refractivity contribution >= 4 is 17.0 Å². The quantitative estimate of drug-likeness (QED) is 0.789. The molecule has 0 aliphatic rings. The molecule has 96 valence electrons. The van der Waals surface area contributed by atoms with Gasteiger partial charge in [0.15, 0.2) is 0 Å². The maximum Gasteiger partial charge on any atom is 0.115 e. The molecule has 1 N–H and O–H groups in total. The fraction of sp³-hybridized carbons (Fsp3) is 0.143. The molecule has 0 bridgehead atoms. The van der Waals surface area contributed by atoms with E-state index in [-0.39, 0.29) is 6.04 Å². The van der Waals surface area contributed by atoms with Crippen molar-refractivity contribution in [2.75, 3.05) is 5.32 Å². The first-order chi connectivity index (χ1) is 9.33. The van der Waals surface area contributed by atoms with Crippen LogP contribution < -0.4 is 5.32 Å². The molecule has 1 unspecified atom stereocenters. The van der Waals surface area contributed by atoms with Gasteiger partial charge in [-0.3, -0.25) is 0 Å². The van der Waals surface area contributed by atoms with E-state index in [1.54, 1.807) is 17.5 Å². The lowest BCUT2D eigenvalue weighted by atomic mass is 10.2. The van der Waals surface area contributed by atoms with Gasteiger partial charge in [0.1, 0.15) is 5.01 Å². The van der Waals surface area contributed by atoms with E-state index in [2.05, 4.69) is 34.5 Å². The third-order valence-corrected chi connectivity index (χ3v) is 3.78. The monoisotopic (exact) mass is 270 g/mol. The van der Waals surface area contributed by atoms with Crippen LogP contribution in [0.25, 0.3) is 5.69 Å². The number of nitrogens with one attached hydrogen (secondary N) is 1. The first-order valence-electron chi connectivity index (χ1n) is 6.09. The van der Waals surface area contributed by atoms with Gasteiger partial charge in [-0.1, -0.05) is 6.07 Å². The average Bonchev–Trinajstić information content (AvgIpc) is 3.13. The molecular formula is C14H14N4S. The summed E-state index contributed by atoms with van der Waals surface area (Å²) < 4.78 is 1.85. The van der Waals surface area contributed by atoms with Crippen LogP contribution in [0.5, 0.6) is 0 Å². The topological polar surface area (TPSA) is 42.7 Å². The molecular weight excluding hydrogens is 256 g/mol. The second kappa shape index (κ2) is 5.24. The van der Waals surface area contributed by atoms with Crippen molar-refractivity contribution in [1.82, 2.24) is 14.8 Å². The molecule has 19 heavy (non-hydrogen) atoms. The Balaban J connectivity index is 1.80. The van der Waals surface area contributed by atoms with E-state index in [4.69, 9.17) is 0 Å². The zero-order valence-electron chi connectivity index (χ0n) is 10.5. The summed E-state index contributed by atoms with van der Waals surface area (Å²) in [7, 11) is 0. The van der Waals surface area contributed by atoms with Crippen molar-refractivity contribution in [1.29, 1.82) is 0 Å². The van der Waals surface area contributed by atoms with E-state index in [9.17, 15) is 0 Å². The highest BCUT2D eigenvalue weighted by atomic mass is 32.1. The molecule has 3 rings (SSSR count). The minimum Gasteiger partial charge on any atom is -0.376 e. The Morgan fingerprint density at radius 1 is 1.26 bits per heavy atom. The summed E-state index contributed by atoms with van der Waals surface area (Å²) in [6.07, 6.45) is 5.54. The maximum atomic E-state index is 4.32. The van der Waals surface area contributed by atoms with Crippen LogP contribution in [-0.2, 0) is 0 Å². The van der Waals surface area contributed by atoms with Crippen molar-refractivity contribution in [2.45, 2.75) is 13.0 Å². The Hall–Kier alpha value is -2.14. The minimum atomic E-state index is 0.202. The summed E-state index contributed by atoms with van der Waals surface area (Å²) >= 11 is 1.66. The second-order valence-corrected chi connectivity index (χ2v) is 5.16. The largest absolute Gasteiger partial charge is 0.376 e. The van der Waals surface area contributed by atoms with Gasteiger partial charge in [-0.2, -0.15) is 5.10 Å². The van der Waals surface area contributed by atoms with Crippen molar-refractivity contribution < 1.29 is 0 Å². The number of nitrogens with zero attached hydrogens (tertiary/aromatic N) is 3. The van der Waals surface area contributed by atoms with Gasteiger partial charge in [0, 0.05) is 29.7 Å². The number of hydrogen-bond donors (Lipinski definition) is 1. The molecule has 5 heteroatoms. The predicted molar refractivity (Wildman–Crippen MR) is 77.7 cm³/mol. The lowest BCUT2D eigenvalue weighted by molar-refractivity contribution is 0.862. The smallest absolute Gasteiger partial charge is 0.115 e. The number of benzene rings is 1. The molecule has 1 atom stereocenters. The van der Waals surface area contributed by atoms with E-state index in [0.717, 1.165) is 16.4 Å². The van der Waals surface area contributed by atoms with Crippen LogP contribution in [0.3, 0.4) is 0 Å². The van der Waals surface area contributed by atoms with Crippen molar-refractivity contribution in [3.8, 4) is 5.69 Å². The highest BCUT2D eigenvalue weighted by Crippen LogP contribution is 2.22. The fourth-order valence-electron chi connectivity index (χ4n) is 1.92. The molecule has 0 amide bonds. The standard InChI is InChI=1S/C14H14N4S/c1-11(14-15-7-9-19-14)17-12-4-2-5-13(10-12)18-8-3-6-16-18/h2-11,17H,1H3. The van der Waals surface area contributed by atoms with Gasteiger partial charge in [0.05, 0.1) is 11.7 Å². The molecule has 0 saturated heterocycles. The molecule has 4 nitrogen and oxygen atoms in total. The van der Waals surface area contributed by atoms with Gasteiger partial charge < -0.3 is 5.32 Å². The van der Waals surface area contributed by atoms with Gasteiger partial charge in [-0.15, -0.1) is 11.3 Å². The third-order valence-electron chi connectivity index (χ3n) is 2.82. The number of anilines is 1. The summed E-state index contributed by atoms with van der Waals surface area (Å²) in [6, 6.07) is 10.3. The molecule has 0 fully saturated rings. The average molecular weight is 270 g/mol. The zero-order valence-corrected chi connectivity index (χ0v) is 11.3. The normalized spacial score (nSPS) is 12.3. The lowest BCUT2D eigenvalue weighted by Crippen LogP contribution is -2.06. The Bertz CT molecular complexity index is 631. The van der Waals surface area contributed by atoms with Gasteiger partial charge in [0.2, 0.25) is 0 Å². The minimum absolute atomic E-state index is 0.202. The van der Waals surface area contributed by atoms with E-state index >= 15 is 0 Å². The van der Waals surface area contributed by atoms with Crippen LogP contribution in [0, 0.1) is 0 Å². The highest BCUT2D eigenvalue weighted by Gasteiger charge is 2.08. The third kappa shape index (κ3) is 2.66. The van der Waals surface area contributed by atoms with Gasteiger partial charge >= 0.3 is 0 Å². The van der Waals surface area contributed by atoms with Crippen LogP contribution in [0.1, 0.15) is 18.0 Å². The summed E-state index contributed by atoms with van der Waals surface area (Å²) in [5.41, 5.74) is 2.11. The molecule has 3 aromatic rings. The number of hydrogen-bond acceptors (Lipinski definition) is 4. The van der Waals surface area contributed by atoms with Crippen LogP contribution >= 0.6 is 11.3 Å². The summed E-state index contributed by atoms with van der Waals surface area (Å²) in [4.78, 5) is 4.32. The van der Waals surface area contributed by atoms with Gasteiger partial charge in [-0.25, -0.2) is 9.67 Å². The first-order valence-corrected chi connectivity index (χ1v) is 6.97.